The summed E-state index contributed by atoms with van der Waals surface area (Å²) in [4.78, 5) is 0. The van der Waals surface area contributed by atoms with Gasteiger partial charge in [-0.15, -0.1) is 12.4 Å². The first-order valence-electron chi connectivity index (χ1n) is 4.66. The van der Waals surface area contributed by atoms with Crippen LogP contribution in [0.4, 0.5) is 8.78 Å². The van der Waals surface area contributed by atoms with Crippen LogP contribution in [0.5, 0.6) is 0 Å². The fourth-order valence-electron chi connectivity index (χ4n) is 1.25. The van der Waals surface area contributed by atoms with Gasteiger partial charge in [0.2, 0.25) is 0 Å². The first-order chi connectivity index (χ1) is 6.52. The number of nitrogens with two attached hydrogens (primary N) is 1. The van der Waals surface area contributed by atoms with E-state index >= 15 is 0 Å². The smallest absolute Gasteiger partial charge is 0.263 e. The maximum absolute atomic E-state index is 12.2. The molecule has 0 fully saturated rings. The Balaban J connectivity index is 0.00000196. The highest BCUT2D eigenvalue weighted by Crippen LogP contribution is 2.23. The molecule has 0 saturated heterocycles. The highest BCUT2D eigenvalue weighted by atomic mass is 35.5. The molecule has 4 heteroatoms. The van der Waals surface area contributed by atoms with Gasteiger partial charge in [-0.3, -0.25) is 0 Å². The number of halogens is 3. The average Bonchev–Trinajstić information content (AvgIpc) is 2.16. The Hall–Kier alpha value is -0.670. The second-order valence-corrected chi connectivity index (χ2v) is 3.74. The quantitative estimate of drug-likeness (QED) is 0.850. The van der Waals surface area contributed by atoms with Crippen LogP contribution >= 0.6 is 12.4 Å². The number of benzene rings is 1. The number of hydrogen-bond acceptors (Lipinski definition) is 1. The van der Waals surface area contributed by atoms with Crippen molar-refractivity contribution in [3.63, 3.8) is 0 Å². The molecule has 0 aliphatic heterocycles. The monoisotopic (exact) mass is 235 g/mol. The molecule has 1 aromatic rings. The first kappa shape index (κ1) is 14.3. The van der Waals surface area contributed by atoms with Gasteiger partial charge >= 0.3 is 0 Å². The van der Waals surface area contributed by atoms with Gasteiger partial charge in [0, 0.05) is 11.6 Å². The minimum atomic E-state index is -2.40. The normalized spacial score (nSPS) is 12.7. The van der Waals surface area contributed by atoms with Gasteiger partial charge in [-0.05, 0) is 11.5 Å². The summed E-state index contributed by atoms with van der Waals surface area (Å²) in [5, 5.41) is 0. The highest BCUT2D eigenvalue weighted by Gasteiger charge is 2.11. The lowest BCUT2D eigenvalue weighted by Gasteiger charge is -2.16. The molecule has 0 saturated carbocycles. The molecule has 1 aromatic carbocycles. The minimum Gasteiger partial charge on any atom is -0.324 e. The van der Waals surface area contributed by atoms with E-state index in [0.29, 0.717) is 5.92 Å². The molecular weight excluding hydrogens is 220 g/mol. The van der Waals surface area contributed by atoms with Crippen molar-refractivity contribution in [1.29, 1.82) is 0 Å². The van der Waals surface area contributed by atoms with Crippen LogP contribution in [0, 0.1) is 5.92 Å². The van der Waals surface area contributed by atoms with Crippen LogP contribution in [-0.2, 0) is 0 Å². The van der Waals surface area contributed by atoms with E-state index in [1.165, 1.54) is 12.1 Å². The summed E-state index contributed by atoms with van der Waals surface area (Å²) in [5.74, 6) is 0.312. The molecule has 0 radical (unpaired) electrons. The van der Waals surface area contributed by atoms with Crippen molar-refractivity contribution in [1.82, 2.24) is 0 Å². The molecule has 1 atom stereocenters. The van der Waals surface area contributed by atoms with Crippen LogP contribution in [0.25, 0.3) is 0 Å². The van der Waals surface area contributed by atoms with Gasteiger partial charge in [-0.2, -0.15) is 0 Å². The summed E-state index contributed by atoms with van der Waals surface area (Å²) in [6, 6.07) is 6.13. The van der Waals surface area contributed by atoms with Crippen LogP contribution in [0.2, 0.25) is 0 Å². The summed E-state index contributed by atoms with van der Waals surface area (Å²) < 4.78 is 24.5. The Kier molecular flexibility index (Phi) is 5.76. The molecule has 0 aliphatic rings. The lowest BCUT2D eigenvalue weighted by atomic mass is 9.96. The van der Waals surface area contributed by atoms with E-state index in [1.54, 1.807) is 12.1 Å². The van der Waals surface area contributed by atoms with E-state index < -0.39 is 6.43 Å². The predicted molar refractivity (Wildman–Crippen MR) is 60.4 cm³/mol. The van der Waals surface area contributed by atoms with E-state index in [9.17, 15) is 8.78 Å². The van der Waals surface area contributed by atoms with Crippen LogP contribution in [0.15, 0.2) is 24.3 Å². The lowest BCUT2D eigenvalue weighted by Crippen LogP contribution is -2.16. The number of hydrogen-bond donors (Lipinski definition) is 1. The molecule has 86 valence electrons. The molecule has 0 aliphatic carbocycles. The number of alkyl halides is 2. The van der Waals surface area contributed by atoms with Gasteiger partial charge < -0.3 is 5.73 Å². The third-order valence-electron chi connectivity index (χ3n) is 2.29. The second kappa shape index (κ2) is 6.03. The zero-order valence-electron chi connectivity index (χ0n) is 8.78. The Bertz CT molecular complexity index is 285. The Morgan fingerprint density at radius 2 is 1.40 bits per heavy atom. The second-order valence-electron chi connectivity index (χ2n) is 3.74. The van der Waals surface area contributed by atoms with Gasteiger partial charge in [0.25, 0.3) is 6.43 Å². The fourth-order valence-corrected chi connectivity index (χ4v) is 1.25. The minimum absolute atomic E-state index is 0. The zero-order valence-corrected chi connectivity index (χ0v) is 9.60. The van der Waals surface area contributed by atoms with Crippen LogP contribution in [0.1, 0.15) is 37.4 Å². The predicted octanol–water partition coefficient (Wildman–Crippen LogP) is 3.70. The standard InChI is InChI=1S/C11H15F2N.ClH/c1-7(2)10(14)8-3-5-9(6-4-8)11(12)13;/h3-7,10-11H,14H2,1-2H3;1H/t10-;/m0./s1. The molecule has 15 heavy (non-hydrogen) atoms. The molecule has 0 amide bonds. The van der Waals surface area contributed by atoms with Crippen molar-refractivity contribution in [3.05, 3.63) is 35.4 Å². The van der Waals surface area contributed by atoms with Crippen molar-refractivity contribution >= 4 is 12.4 Å². The zero-order chi connectivity index (χ0) is 10.7. The molecule has 0 aromatic heterocycles. The molecule has 0 heterocycles. The maximum atomic E-state index is 12.2. The largest absolute Gasteiger partial charge is 0.324 e. The summed E-state index contributed by atoms with van der Waals surface area (Å²) in [5.41, 5.74) is 6.83. The molecule has 1 rings (SSSR count). The third kappa shape index (κ3) is 3.76. The average molecular weight is 236 g/mol. The molecule has 0 bridgehead atoms. The Morgan fingerprint density at radius 3 is 1.73 bits per heavy atom. The summed E-state index contributed by atoms with van der Waals surface area (Å²) >= 11 is 0. The maximum Gasteiger partial charge on any atom is 0.263 e. The van der Waals surface area contributed by atoms with Gasteiger partial charge in [0.15, 0.2) is 0 Å². The molecular formula is C11H16ClF2N. The van der Waals surface area contributed by atoms with Gasteiger partial charge in [0.05, 0.1) is 0 Å². The van der Waals surface area contributed by atoms with Crippen LogP contribution in [-0.4, -0.2) is 0 Å². The van der Waals surface area contributed by atoms with Crippen LogP contribution < -0.4 is 5.73 Å². The van der Waals surface area contributed by atoms with Crippen molar-refractivity contribution in [3.8, 4) is 0 Å². The van der Waals surface area contributed by atoms with Gasteiger partial charge in [-0.1, -0.05) is 38.1 Å². The number of rotatable bonds is 3. The van der Waals surface area contributed by atoms with Gasteiger partial charge in [-0.25, -0.2) is 8.78 Å². The van der Waals surface area contributed by atoms with E-state index in [-0.39, 0.29) is 24.0 Å². The lowest BCUT2D eigenvalue weighted by molar-refractivity contribution is 0.151. The first-order valence-corrected chi connectivity index (χ1v) is 4.66. The van der Waals surface area contributed by atoms with E-state index in [2.05, 4.69) is 0 Å². The van der Waals surface area contributed by atoms with E-state index in [1.807, 2.05) is 13.8 Å². The van der Waals surface area contributed by atoms with Gasteiger partial charge in [0.1, 0.15) is 0 Å². The Labute approximate surface area is 95.1 Å². The third-order valence-corrected chi connectivity index (χ3v) is 2.29. The van der Waals surface area contributed by atoms with Crippen molar-refractivity contribution in [2.75, 3.05) is 0 Å². The SMILES string of the molecule is CC(C)[C@H](N)c1ccc(C(F)F)cc1.Cl. The van der Waals surface area contributed by atoms with Crippen molar-refractivity contribution < 1.29 is 8.78 Å². The highest BCUT2D eigenvalue weighted by molar-refractivity contribution is 5.85. The van der Waals surface area contributed by atoms with E-state index in [4.69, 9.17) is 5.73 Å². The summed E-state index contributed by atoms with van der Waals surface area (Å²) in [6.45, 7) is 4.01. The summed E-state index contributed by atoms with van der Waals surface area (Å²) in [6.07, 6.45) is -2.40. The molecule has 1 nitrogen and oxygen atoms in total. The molecule has 2 N–H and O–H groups in total. The van der Waals surface area contributed by atoms with Crippen molar-refractivity contribution in [2.45, 2.75) is 26.3 Å². The van der Waals surface area contributed by atoms with Crippen molar-refractivity contribution in [2.24, 2.45) is 11.7 Å². The van der Waals surface area contributed by atoms with Crippen LogP contribution in [0.3, 0.4) is 0 Å². The summed E-state index contributed by atoms with van der Waals surface area (Å²) in [7, 11) is 0. The molecule has 0 spiro atoms. The Morgan fingerprint density at radius 1 is 1.00 bits per heavy atom. The molecule has 0 unspecified atom stereocenters. The fraction of sp³-hybridized carbons (Fsp3) is 0.455. The van der Waals surface area contributed by atoms with E-state index in [0.717, 1.165) is 5.56 Å². The topological polar surface area (TPSA) is 26.0 Å².